The number of anilines is 2. The lowest BCUT2D eigenvalue weighted by Crippen LogP contribution is -2.50. The van der Waals surface area contributed by atoms with Gasteiger partial charge in [0.25, 0.3) is 0 Å². The smallest absolute Gasteiger partial charge is 0.235 e. The summed E-state index contributed by atoms with van der Waals surface area (Å²) in [6.45, 7) is 8.71. The molecule has 8 heteroatoms. The molecule has 1 saturated heterocycles. The number of likely N-dealkylation sites (N-methyl/N-ethyl adjacent to an activating group) is 1. The molecule has 0 aliphatic carbocycles. The number of hydrogen-bond acceptors (Lipinski definition) is 7. The van der Waals surface area contributed by atoms with Crippen LogP contribution in [0.3, 0.4) is 0 Å². The van der Waals surface area contributed by atoms with E-state index in [1.54, 1.807) is 0 Å². The first-order chi connectivity index (χ1) is 12.2. The van der Waals surface area contributed by atoms with Gasteiger partial charge in [-0.15, -0.1) is 10.2 Å². The van der Waals surface area contributed by atoms with Crippen molar-refractivity contribution >= 4 is 39.8 Å². The molecule has 2 heterocycles. The van der Waals surface area contributed by atoms with Crippen LogP contribution in [-0.2, 0) is 4.79 Å². The Kier molecular flexibility index (Phi) is 6.28. The Morgan fingerprint density at radius 1 is 1.24 bits per heavy atom. The number of benzene rings is 1. The van der Waals surface area contributed by atoms with E-state index in [9.17, 15) is 4.79 Å². The summed E-state index contributed by atoms with van der Waals surface area (Å²) >= 11 is 2.96. The molecule has 0 radical (unpaired) electrons. The summed E-state index contributed by atoms with van der Waals surface area (Å²) < 4.78 is 0.812. The Hall–Kier alpha value is -1.64. The Bertz CT molecular complexity index is 685. The average molecular weight is 378 g/mol. The van der Waals surface area contributed by atoms with Crippen molar-refractivity contribution in [2.45, 2.75) is 23.4 Å². The van der Waals surface area contributed by atoms with Crippen molar-refractivity contribution in [1.82, 2.24) is 20.0 Å². The Morgan fingerprint density at radius 2 is 1.96 bits per heavy atom. The molecule has 0 bridgehead atoms. The first-order valence-corrected chi connectivity index (χ1v) is 10.2. The van der Waals surface area contributed by atoms with Crippen molar-refractivity contribution in [3.05, 3.63) is 30.3 Å². The molecule has 25 heavy (non-hydrogen) atoms. The van der Waals surface area contributed by atoms with Crippen molar-refractivity contribution < 1.29 is 4.79 Å². The minimum atomic E-state index is -0.147. The van der Waals surface area contributed by atoms with Crippen LogP contribution in [0.25, 0.3) is 0 Å². The lowest BCUT2D eigenvalue weighted by molar-refractivity contribution is -0.132. The minimum Gasteiger partial charge on any atom is -0.339 e. The van der Waals surface area contributed by atoms with E-state index < -0.39 is 0 Å². The number of para-hydroxylation sites is 1. The molecule has 1 aromatic heterocycles. The molecule has 1 atom stereocenters. The summed E-state index contributed by atoms with van der Waals surface area (Å²) in [7, 11) is 0. The molecule has 6 nitrogen and oxygen atoms in total. The molecule has 0 saturated carbocycles. The number of carbonyl (C=O) groups is 1. The van der Waals surface area contributed by atoms with Crippen molar-refractivity contribution in [1.29, 1.82) is 0 Å². The normalized spacial score (nSPS) is 16.6. The van der Waals surface area contributed by atoms with Gasteiger partial charge in [-0.3, -0.25) is 4.79 Å². The quantitative estimate of drug-likeness (QED) is 0.781. The molecule has 1 amide bonds. The van der Waals surface area contributed by atoms with E-state index >= 15 is 0 Å². The van der Waals surface area contributed by atoms with Gasteiger partial charge in [0, 0.05) is 31.9 Å². The molecular weight excluding hydrogens is 354 g/mol. The highest BCUT2D eigenvalue weighted by molar-refractivity contribution is 8.02. The number of nitrogens with one attached hydrogen (secondary N) is 1. The van der Waals surface area contributed by atoms with Crippen LogP contribution >= 0.6 is 23.1 Å². The van der Waals surface area contributed by atoms with Crippen LogP contribution in [0.5, 0.6) is 0 Å². The molecule has 0 unspecified atom stereocenters. The standard InChI is InChI=1S/C17H23N5OS2/c1-3-21-9-11-22(12-10-21)15(23)13(2)24-17-20-19-16(25-17)18-14-7-5-4-6-8-14/h4-8,13H,3,9-12H2,1-2H3,(H,18,19)/t13-/m0/s1. The predicted molar refractivity (Wildman–Crippen MR) is 104 cm³/mol. The average Bonchev–Trinajstić information content (AvgIpc) is 3.08. The van der Waals surface area contributed by atoms with Gasteiger partial charge in [-0.1, -0.05) is 48.2 Å². The van der Waals surface area contributed by atoms with E-state index in [-0.39, 0.29) is 11.2 Å². The number of carbonyl (C=O) groups excluding carboxylic acids is 1. The summed E-state index contributed by atoms with van der Waals surface area (Å²) in [5, 5.41) is 12.2. The zero-order valence-corrected chi connectivity index (χ0v) is 16.1. The van der Waals surface area contributed by atoms with Crippen LogP contribution in [0.1, 0.15) is 13.8 Å². The van der Waals surface area contributed by atoms with E-state index in [1.807, 2.05) is 42.2 Å². The van der Waals surface area contributed by atoms with Gasteiger partial charge < -0.3 is 15.1 Å². The molecule has 1 fully saturated rings. The number of hydrogen-bond donors (Lipinski definition) is 1. The van der Waals surface area contributed by atoms with E-state index in [0.717, 1.165) is 47.9 Å². The fourth-order valence-corrected chi connectivity index (χ4v) is 4.70. The molecule has 2 aromatic rings. The summed E-state index contributed by atoms with van der Waals surface area (Å²) in [6, 6.07) is 9.88. The number of thioether (sulfide) groups is 1. The van der Waals surface area contributed by atoms with E-state index in [0.29, 0.717) is 0 Å². The van der Waals surface area contributed by atoms with Gasteiger partial charge >= 0.3 is 0 Å². The largest absolute Gasteiger partial charge is 0.339 e. The van der Waals surface area contributed by atoms with Crippen LogP contribution in [0.4, 0.5) is 10.8 Å². The van der Waals surface area contributed by atoms with Crippen LogP contribution in [-0.4, -0.2) is 63.9 Å². The number of amides is 1. The Labute approximate surface area is 156 Å². The fourth-order valence-electron chi connectivity index (χ4n) is 2.70. The van der Waals surface area contributed by atoms with Crippen molar-refractivity contribution in [3.63, 3.8) is 0 Å². The summed E-state index contributed by atoms with van der Waals surface area (Å²) in [6.07, 6.45) is 0. The molecule has 3 rings (SSSR count). The van der Waals surface area contributed by atoms with Crippen molar-refractivity contribution in [2.24, 2.45) is 0 Å². The molecule has 1 aliphatic rings. The van der Waals surface area contributed by atoms with Gasteiger partial charge in [-0.2, -0.15) is 0 Å². The summed E-state index contributed by atoms with van der Waals surface area (Å²) in [5.41, 5.74) is 0.980. The second-order valence-corrected chi connectivity index (χ2v) is 8.45. The highest BCUT2D eigenvalue weighted by atomic mass is 32.2. The van der Waals surface area contributed by atoms with Gasteiger partial charge in [0.2, 0.25) is 11.0 Å². The van der Waals surface area contributed by atoms with E-state index in [2.05, 4.69) is 27.3 Å². The lowest BCUT2D eigenvalue weighted by atomic mass is 10.3. The third kappa shape index (κ3) is 4.93. The molecule has 0 spiro atoms. The lowest BCUT2D eigenvalue weighted by Gasteiger charge is -2.35. The summed E-state index contributed by atoms with van der Waals surface area (Å²) in [5.74, 6) is 0.188. The first-order valence-electron chi connectivity index (χ1n) is 8.49. The third-order valence-corrected chi connectivity index (χ3v) is 6.20. The molecule has 1 aromatic carbocycles. The fraction of sp³-hybridized carbons (Fsp3) is 0.471. The van der Waals surface area contributed by atoms with Crippen molar-refractivity contribution in [2.75, 3.05) is 38.0 Å². The Morgan fingerprint density at radius 3 is 2.64 bits per heavy atom. The highest BCUT2D eigenvalue weighted by Crippen LogP contribution is 2.31. The number of nitrogens with zero attached hydrogens (tertiary/aromatic N) is 4. The maximum absolute atomic E-state index is 12.6. The monoisotopic (exact) mass is 377 g/mol. The number of aromatic nitrogens is 2. The van der Waals surface area contributed by atoms with Crippen LogP contribution in [0, 0.1) is 0 Å². The van der Waals surface area contributed by atoms with Gasteiger partial charge in [-0.05, 0) is 25.6 Å². The van der Waals surface area contributed by atoms with Crippen LogP contribution in [0.2, 0.25) is 0 Å². The Balaban J connectivity index is 1.53. The van der Waals surface area contributed by atoms with Gasteiger partial charge in [0.1, 0.15) is 0 Å². The van der Waals surface area contributed by atoms with Crippen molar-refractivity contribution in [3.8, 4) is 0 Å². The maximum atomic E-state index is 12.6. The van der Waals surface area contributed by atoms with E-state index in [4.69, 9.17) is 0 Å². The molecule has 1 aliphatic heterocycles. The molecule has 1 N–H and O–H groups in total. The maximum Gasteiger partial charge on any atom is 0.235 e. The first kappa shape index (κ1) is 18.2. The topological polar surface area (TPSA) is 61.4 Å². The van der Waals surface area contributed by atoms with Gasteiger partial charge in [0.05, 0.1) is 5.25 Å². The van der Waals surface area contributed by atoms with Crippen LogP contribution in [0.15, 0.2) is 34.7 Å². The molecular formula is C17H23N5OS2. The minimum absolute atomic E-state index is 0.147. The van der Waals surface area contributed by atoms with Gasteiger partial charge in [0.15, 0.2) is 4.34 Å². The predicted octanol–water partition coefficient (Wildman–Crippen LogP) is 2.93. The highest BCUT2D eigenvalue weighted by Gasteiger charge is 2.25. The third-order valence-electron chi connectivity index (χ3n) is 4.19. The number of rotatable bonds is 6. The molecule has 134 valence electrons. The second-order valence-electron chi connectivity index (χ2n) is 5.88. The van der Waals surface area contributed by atoms with Gasteiger partial charge in [-0.25, -0.2) is 0 Å². The van der Waals surface area contributed by atoms with E-state index in [1.165, 1.54) is 23.1 Å². The SMILES string of the molecule is CCN1CCN(C(=O)[C@H](C)Sc2nnc(Nc3ccccc3)s2)CC1. The zero-order valence-electron chi connectivity index (χ0n) is 14.5. The zero-order chi connectivity index (χ0) is 17.6. The number of piperazine rings is 1. The van der Waals surface area contributed by atoms with Crippen LogP contribution < -0.4 is 5.32 Å². The summed E-state index contributed by atoms with van der Waals surface area (Å²) in [4.78, 5) is 17.0. The second kappa shape index (κ2) is 8.64.